The highest BCUT2D eigenvalue weighted by atomic mass is 79.9. The van der Waals surface area contributed by atoms with Gasteiger partial charge in [0, 0.05) is 36.6 Å². The van der Waals surface area contributed by atoms with Gasteiger partial charge in [-0.1, -0.05) is 32.0 Å². The van der Waals surface area contributed by atoms with Crippen LogP contribution in [0.4, 0.5) is 5.95 Å². The number of halogens is 1. The zero-order chi connectivity index (χ0) is 21.3. The fourth-order valence-corrected chi connectivity index (χ4v) is 4.45. The molecule has 1 aliphatic rings. The fourth-order valence-electron chi connectivity index (χ4n) is 4.24. The van der Waals surface area contributed by atoms with E-state index in [1.807, 2.05) is 42.2 Å². The number of likely N-dealkylation sites (tertiary alicyclic amines) is 1. The van der Waals surface area contributed by atoms with Crippen LogP contribution in [0.5, 0.6) is 0 Å². The Balaban J connectivity index is 1.64. The number of nitrogens with zero attached hydrogens (tertiary/aromatic N) is 4. The van der Waals surface area contributed by atoms with Crippen molar-refractivity contribution in [1.29, 1.82) is 0 Å². The standard InChI is InChI=1S/C23H26BrN5O/c1-15-8-9-16-6-4-7-18(20(16)28-15)21(30)29-11-5-10-23(2,3)19(29)14-27-22-25-12-17(24)13-26-22/h4,6-9,12-13,19H,5,10-11,14H2,1-3H3,(H,25,26,27). The molecule has 1 amide bonds. The maximum absolute atomic E-state index is 13.7. The number of pyridine rings is 1. The van der Waals surface area contributed by atoms with Crippen LogP contribution >= 0.6 is 15.9 Å². The summed E-state index contributed by atoms with van der Waals surface area (Å²) in [7, 11) is 0. The predicted molar refractivity (Wildman–Crippen MR) is 123 cm³/mol. The summed E-state index contributed by atoms with van der Waals surface area (Å²) in [5.41, 5.74) is 2.32. The van der Waals surface area contributed by atoms with E-state index in [2.05, 4.69) is 50.0 Å². The van der Waals surface area contributed by atoms with Crippen molar-refractivity contribution < 1.29 is 4.79 Å². The number of fused-ring (bicyclic) bond motifs is 1. The summed E-state index contributed by atoms with van der Waals surface area (Å²) in [6.45, 7) is 7.74. The van der Waals surface area contributed by atoms with Crippen molar-refractivity contribution in [3.8, 4) is 0 Å². The Kier molecular flexibility index (Phi) is 5.73. The summed E-state index contributed by atoms with van der Waals surface area (Å²) in [4.78, 5) is 29.0. The number of nitrogens with one attached hydrogen (secondary N) is 1. The molecule has 2 aromatic heterocycles. The lowest BCUT2D eigenvalue weighted by atomic mass is 9.76. The van der Waals surface area contributed by atoms with Crippen LogP contribution in [-0.2, 0) is 0 Å². The van der Waals surface area contributed by atoms with E-state index in [0.29, 0.717) is 18.1 Å². The highest BCUT2D eigenvalue weighted by Gasteiger charge is 2.40. The highest BCUT2D eigenvalue weighted by Crippen LogP contribution is 2.36. The second kappa shape index (κ2) is 8.30. The van der Waals surface area contributed by atoms with Crippen molar-refractivity contribution in [3.63, 3.8) is 0 Å². The maximum atomic E-state index is 13.7. The second-order valence-corrected chi connectivity index (χ2v) is 9.46. The van der Waals surface area contributed by atoms with E-state index >= 15 is 0 Å². The number of anilines is 1. The zero-order valence-electron chi connectivity index (χ0n) is 17.5. The summed E-state index contributed by atoms with van der Waals surface area (Å²) in [5.74, 6) is 0.601. The number of benzene rings is 1. The first-order valence-electron chi connectivity index (χ1n) is 10.2. The molecule has 1 aliphatic heterocycles. The van der Waals surface area contributed by atoms with Crippen molar-refractivity contribution >= 4 is 38.7 Å². The monoisotopic (exact) mass is 467 g/mol. The minimum atomic E-state index is -0.0236. The van der Waals surface area contributed by atoms with Gasteiger partial charge < -0.3 is 10.2 Å². The first kappa shape index (κ1) is 20.7. The van der Waals surface area contributed by atoms with E-state index < -0.39 is 0 Å². The van der Waals surface area contributed by atoms with E-state index in [0.717, 1.165) is 40.5 Å². The molecule has 30 heavy (non-hydrogen) atoms. The molecule has 0 saturated carbocycles. The Morgan fingerprint density at radius 3 is 2.77 bits per heavy atom. The van der Waals surface area contributed by atoms with Crippen molar-refractivity contribution in [2.75, 3.05) is 18.4 Å². The number of rotatable bonds is 4. The third kappa shape index (κ3) is 4.17. The summed E-state index contributed by atoms with van der Waals surface area (Å²) < 4.78 is 0.835. The molecule has 1 N–H and O–H groups in total. The first-order valence-corrected chi connectivity index (χ1v) is 11.0. The molecule has 1 saturated heterocycles. The number of para-hydroxylation sites is 1. The van der Waals surface area contributed by atoms with Crippen LogP contribution in [0.1, 0.15) is 42.7 Å². The molecule has 4 rings (SSSR count). The van der Waals surface area contributed by atoms with Crippen molar-refractivity contribution in [2.45, 2.75) is 39.7 Å². The van der Waals surface area contributed by atoms with Crippen molar-refractivity contribution in [2.24, 2.45) is 5.41 Å². The van der Waals surface area contributed by atoms with Crippen LogP contribution < -0.4 is 5.32 Å². The quantitative estimate of drug-likeness (QED) is 0.594. The third-order valence-electron chi connectivity index (χ3n) is 5.92. The van der Waals surface area contributed by atoms with Gasteiger partial charge in [0.1, 0.15) is 0 Å². The van der Waals surface area contributed by atoms with Crippen LogP contribution in [-0.4, -0.2) is 44.9 Å². The summed E-state index contributed by atoms with van der Waals surface area (Å²) in [6, 6.07) is 9.85. The minimum Gasteiger partial charge on any atom is -0.352 e. The van der Waals surface area contributed by atoms with Gasteiger partial charge in [0.2, 0.25) is 5.95 Å². The fraction of sp³-hybridized carbons (Fsp3) is 0.391. The number of hydrogen-bond acceptors (Lipinski definition) is 5. The second-order valence-electron chi connectivity index (χ2n) is 8.54. The number of aromatic nitrogens is 3. The average molecular weight is 468 g/mol. The number of carbonyl (C=O) groups is 1. The average Bonchev–Trinajstić information content (AvgIpc) is 2.72. The van der Waals surface area contributed by atoms with E-state index in [4.69, 9.17) is 0 Å². The molecular weight excluding hydrogens is 442 g/mol. The van der Waals surface area contributed by atoms with Gasteiger partial charge in [0.05, 0.1) is 21.6 Å². The summed E-state index contributed by atoms with van der Waals surface area (Å²) in [5, 5.41) is 4.31. The molecule has 0 bridgehead atoms. The van der Waals surface area contributed by atoms with Gasteiger partial charge in [0.25, 0.3) is 5.91 Å². The lowest BCUT2D eigenvalue weighted by Crippen LogP contribution is -2.55. The lowest BCUT2D eigenvalue weighted by molar-refractivity contribution is 0.0321. The minimum absolute atomic E-state index is 0.0195. The molecule has 3 aromatic rings. The lowest BCUT2D eigenvalue weighted by Gasteiger charge is -2.46. The number of amides is 1. The Morgan fingerprint density at radius 1 is 1.23 bits per heavy atom. The summed E-state index contributed by atoms with van der Waals surface area (Å²) in [6.07, 6.45) is 5.49. The summed E-state index contributed by atoms with van der Waals surface area (Å²) >= 11 is 3.36. The van der Waals surface area contributed by atoms with Crippen LogP contribution in [0.15, 0.2) is 47.2 Å². The number of carbonyl (C=O) groups excluding carboxylic acids is 1. The molecule has 0 aliphatic carbocycles. The van der Waals surface area contributed by atoms with Gasteiger partial charge in [-0.2, -0.15) is 0 Å². The Hall–Kier alpha value is -2.54. The molecule has 6 nitrogen and oxygen atoms in total. The smallest absolute Gasteiger partial charge is 0.256 e. The van der Waals surface area contributed by atoms with Gasteiger partial charge in [0.15, 0.2) is 0 Å². The molecule has 1 fully saturated rings. The Bertz CT molecular complexity index is 1070. The molecule has 3 heterocycles. The number of piperidine rings is 1. The van der Waals surface area contributed by atoms with Gasteiger partial charge in [-0.3, -0.25) is 9.78 Å². The number of aryl methyl sites for hydroxylation is 1. The molecule has 1 aromatic carbocycles. The topological polar surface area (TPSA) is 71.0 Å². The SMILES string of the molecule is Cc1ccc2cccc(C(=O)N3CCCC(C)(C)C3CNc3ncc(Br)cn3)c2n1. The number of hydrogen-bond donors (Lipinski definition) is 1. The van der Waals surface area contributed by atoms with Gasteiger partial charge >= 0.3 is 0 Å². The predicted octanol–water partition coefficient (Wildman–Crippen LogP) is 4.84. The van der Waals surface area contributed by atoms with Gasteiger partial charge in [-0.15, -0.1) is 0 Å². The van der Waals surface area contributed by atoms with E-state index in [1.54, 1.807) is 12.4 Å². The molecule has 156 valence electrons. The van der Waals surface area contributed by atoms with E-state index in [-0.39, 0.29) is 17.4 Å². The van der Waals surface area contributed by atoms with Crippen LogP contribution in [0.25, 0.3) is 10.9 Å². The highest BCUT2D eigenvalue weighted by molar-refractivity contribution is 9.10. The molecule has 7 heteroatoms. The largest absolute Gasteiger partial charge is 0.352 e. The maximum Gasteiger partial charge on any atom is 0.256 e. The van der Waals surface area contributed by atoms with Gasteiger partial charge in [-0.25, -0.2) is 9.97 Å². The first-order chi connectivity index (χ1) is 14.3. The van der Waals surface area contributed by atoms with Crippen molar-refractivity contribution in [3.05, 3.63) is 58.5 Å². The van der Waals surface area contributed by atoms with E-state index in [9.17, 15) is 4.79 Å². The third-order valence-corrected chi connectivity index (χ3v) is 6.33. The van der Waals surface area contributed by atoms with Crippen LogP contribution in [0, 0.1) is 12.3 Å². The molecule has 1 unspecified atom stereocenters. The molecule has 0 spiro atoms. The van der Waals surface area contributed by atoms with Gasteiger partial charge in [-0.05, 0) is 53.2 Å². The van der Waals surface area contributed by atoms with Crippen LogP contribution in [0.2, 0.25) is 0 Å². The molecule has 1 atom stereocenters. The van der Waals surface area contributed by atoms with E-state index in [1.165, 1.54) is 0 Å². The molecule has 0 radical (unpaired) electrons. The Labute approximate surface area is 185 Å². The van der Waals surface area contributed by atoms with Crippen LogP contribution in [0.3, 0.4) is 0 Å². The normalized spacial score (nSPS) is 18.4. The zero-order valence-corrected chi connectivity index (χ0v) is 19.1. The van der Waals surface area contributed by atoms with Crippen molar-refractivity contribution in [1.82, 2.24) is 19.9 Å². The Morgan fingerprint density at radius 2 is 2.00 bits per heavy atom. The molecular formula is C23H26BrN5O.